The fourth-order valence-electron chi connectivity index (χ4n) is 2.37. The summed E-state index contributed by atoms with van der Waals surface area (Å²) < 4.78 is 10.4. The highest BCUT2D eigenvalue weighted by atomic mass is 16.5. The zero-order valence-electron chi connectivity index (χ0n) is 11.3. The molecule has 1 fully saturated rings. The van der Waals surface area contributed by atoms with Crippen molar-refractivity contribution in [2.75, 3.05) is 19.8 Å². The van der Waals surface area contributed by atoms with E-state index in [1.165, 1.54) is 0 Å². The number of furan rings is 1. The summed E-state index contributed by atoms with van der Waals surface area (Å²) in [5, 5.41) is 13.1. The van der Waals surface area contributed by atoms with Crippen LogP contribution < -0.4 is 5.32 Å². The Morgan fingerprint density at radius 3 is 2.85 bits per heavy atom. The van der Waals surface area contributed by atoms with Gasteiger partial charge in [0.2, 0.25) is 5.76 Å². The standard InChI is InChI=1S/C15H17NO4/c1-15(8-19-9-15)7-16-6-10-2-3-12-11(4-10)5-13(20-12)14(17)18/h2-5,16H,6-9H2,1H3,(H,17,18). The molecule has 0 aliphatic carbocycles. The maximum atomic E-state index is 10.9. The first-order valence-electron chi connectivity index (χ1n) is 6.60. The first kappa shape index (κ1) is 13.1. The fraction of sp³-hybridized carbons (Fsp3) is 0.400. The first-order valence-corrected chi connectivity index (χ1v) is 6.60. The van der Waals surface area contributed by atoms with Gasteiger partial charge in [-0.15, -0.1) is 0 Å². The highest BCUT2D eigenvalue weighted by Gasteiger charge is 2.32. The second-order valence-corrected chi connectivity index (χ2v) is 5.69. The number of benzene rings is 1. The van der Waals surface area contributed by atoms with Crippen molar-refractivity contribution in [3.05, 3.63) is 35.6 Å². The summed E-state index contributed by atoms with van der Waals surface area (Å²) in [5.41, 5.74) is 1.96. The Hall–Kier alpha value is -1.85. The van der Waals surface area contributed by atoms with Crippen molar-refractivity contribution in [3.8, 4) is 0 Å². The van der Waals surface area contributed by atoms with E-state index in [1.54, 1.807) is 6.07 Å². The van der Waals surface area contributed by atoms with E-state index < -0.39 is 5.97 Å². The van der Waals surface area contributed by atoms with Crippen LogP contribution in [0.25, 0.3) is 11.0 Å². The van der Waals surface area contributed by atoms with Crippen LogP contribution >= 0.6 is 0 Å². The molecule has 106 valence electrons. The van der Waals surface area contributed by atoms with Gasteiger partial charge in [-0.25, -0.2) is 4.79 Å². The average Bonchev–Trinajstić information content (AvgIpc) is 2.80. The smallest absolute Gasteiger partial charge is 0.371 e. The van der Waals surface area contributed by atoms with Crippen molar-refractivity contribution in [2.45, 2.75) is 13.5 Å². The number of carboxylic acids is 1. The van der Waals surface area contributed by atoms with Crippen LogP contribution in [-0.4, -0.2) is 30.8 Å². The SMILES string of the molecule is CC1(CNCc2ccc3oc(C(=O)O)cc3c2)COC1. The van der Waals surface area contributed by atoms with Crippen molar-refractivity contribution < 1.29 is 19.1 Å². The molecular formula is C15H17NO4. The van der Waals surface area contributed by atoms with Crippen LogP contribution in [-0.2, 0) is 11.3 Å². The molecule has 1 aromatic heterocycles. The lowest BCUT2D eigenvalue weighted by molar-refractivity contribution is -0.0991. The maximum absolute atomic E-state index is 10.9. The molecule has 1 aliphatic heterocycles. The van der Waals surface area contributed by atoms with E-state index in [2.05, 4.69) is 12.2 Å². The number of nitrogens with one attached hydrogen (secondary N) is 1. The third-order valence-electron chi connectivity index (χ3n) is 3.57. The number of rotatable bonds is 5. The lowest BCUT2D eigenvalue weighted by Crippen LogP contribution is -2.47. The summed E-state index contributed by atoms with van der Waals surface area (Å²) in [6, 6.07) is 7.27. The number of hydrogen-bond acceptors (Lipinski definition) is 4. The molecule has 0 bridgehead atoms. The van der Waals surface area contributed by atoms with E-state index >= 15 is 0 Å². The van der Waals surface area contributed by atoms with Crippen LogP contribution in [0.15, 0.2) is 28.7 Å². The van der Waals surface area contributed by atoms with Gasteiger partial charge in [-0.05, 0) is 23.8 Å². The summed E-state index contributed by atoms with van der Waals surface area (Å²) in [6.45, 7) is 5.48. The van der Waals surface area contributed by atoms with Gasteiger partial charge in [-0.2, -0.15) is 0 Å². The Balaban J connectivity index is 1.67. The van der Waals surface area contributed by atoms with Gasteiger partial charge in [-0.3, -0.25) is 0 Å². The quantitative estimate of drug-likeness (QED) is 0.875. The van der Waals surface area contributed by atoms with Gasteiger partial charge in [-0.1, -0.05) is 13.0 Å². The molecule has 1 aliphatic rings. The Kier molecular flexibility index (Phi) is 3.23. The molecule has 0 saturated carbocycles. The molecule has 2 N–H and O–H groups in total. The van der Waals surface area contributed by atoms with Gasteiger partial charge in [0.1, 0.15) is 5.58 Å². The molecule has 0 amide bonds. The molecule has 2 aromatic rings. The van der Waals surface area contributed by atoms with Gasteiger partial charge >= 0.3 is 5.97 Å². The van der Waals surface area contributed by atoms with E-state index in [9.17, 15) is 4.79 Å². The Labute approximate surface area is 116 Å². The van der Waals surface area contributed by atoms with Gasteiger partial charge in [0.15, 0.2) is 0 Å². The summed E-state index contributed by atoms with van der Waals surface area (Å²) in [4.78, 5) is 10.9. The monoisotopic (exact) mass is 275 g/mol. The molecule has 5 nitrogen and oxygen atoms in total. The Morgan fingerprint density at radius 2 is 2.20 bits per heavy atom. The second kappa shape index (κ2) is 4.92. The van der Waals surface area contributed by atoms with Crippen LogP contribution in [0, 0.1) is 5.41 Å². The van der Waals surface area contributed by atoms with Crippen LogP contribution in [0.5, 0.6) is 0 Å². The predicted molar refractivity (Wildman–Crippen MR) is 73.8 cm³/mol. The van der Waals surface area contributed by atoms with E-state index in [0.29, 0.717) is 5.58 Å². The zero-order chi connectivity index (χ0) is 14.2. The highest BCUT2D eigenvalue weighted by molar-refractivity contribution is 5.91. The van der Waals surface area contributed by atoms with Gasteiger partial charge in [0.05, 0.1) is 13.2 Å². The van der Waals surface area contributed by atoms with Crippen molar-refractivity contribution in [1.82, 2.24) is 5.32 Å². The number of aromatic carboxylic acids is 1. The molecule has 0 atom stereocenters. The third-order valence-corrected chi connectivity index (χ3v) is 3.57. The Bertz CT molecular complexity index is 642. The minimum Gasteiger partial charge on any atom is -0.475 e. The predicted octanol–water partition coefficient (Wildman–Crippen LogP) is 2.26. The lowest BCUT2D eigenvalue weighted by atomic mass is 9.89. The average molecular weight is 275 g/mol. The summed E-state index contributed by atoms with van der Waals surface area (Å²) in [5.74, 6) is -1.07. The van der Waals surface area contributed by atoms with E-state index in [1.807, 2.05) is 18.2 Å². The molecule has 20 heavy (non-hydrogen) atoms. The van der Waals surface area contributed by atoms with Crippen LogP contribution in [0.4, 0.5) is 0 Å². The molecule has 1 aromatic carbocycles. The van der Waals surface area contributed by atoms with E-state index in [0.717, 1.165) is 37.3 Å². The molecule has 0 spiro atoms. The number of carbonyl (C=O) groups is 1. The molecule has 0 unspecified atom stereocenters. The van der Waals surface area contributed by atoms with Crippen LogP contribution in [0.2, 0.25) is 0 Å². The molecule has 5 heteroatoms. The number of ether oxygens (including phenoxy) is 1. The molecule has 3 rings (SSSR count). The molecule has 2 heterocycles. The number of hydrogen-bond donors (Lipinski definition) is 2. The van der Waals surface area contributed by atoms with Gasteiger partial charge < -0.3 is 19.6 Å². The van der Waals surface area contributed by atoms with Crippen molar-refractivity contribution >= 4 is 16.9 Å². The van der Waals surface area contributed by atoms with E-state index in [-0.39, 0.29) is 11.2 Å². The number of fused-ring (bicyclic) bond motifs is 1. The van der Waals surface area contributed by atoms with Crippen LogP contribution in [0.1, 0.15) is 23.0 Å². The minimum atomic E-state index is -1.04. The van der Waals surface area contributed by atoms with Gasteiger partial charge in [0.25, 0.3) is 0 Å². The summed E-state index contributed by atoms with van der Waals surface area (Å²) >= 11 is 0. The molecular weight excluding hydrogens is 258 g/mol. The van der Waals surface area contributed by atoms with Crippen molar-refractivity contribution in [1.29, 1.82) is 0 Å². The van der Waals surface area contributed by atoms with Gasteiger partial charge in [0, 0.05) is 23.9 Å². The Morgan fingerprint density at radius 1 is 1.40 bits per heavy atom. The first-order chi connectivity index (χ1) is 9.56. The van der Waals surface area contributed by atoms with Crippen molar-refractivity contribution in [3.63, 3.8) is 0 Å². The summed E-state index contributed by atoms with van der Waals surface area (Å²) in [6.07, 6.45) is 0. The third kappa shape index (κ3) is 2.55. The highest BCUT2D eigenvalue weighted by Crippen LogP contribution is 2.25. The van der Waals surface area contributed by atoms with E-state index in [4.69, 9.17) is 14.3 Å². The molecule has 0 radical (unpaired) electrons. The second-order valence-electron chi connectivity index (χ2n) is 5.69. The topological polar surface area (TPSA) is 71.7 Å². The van der Waals surface area contributed by atoms with Crippen molar-refractivity contribution in [2.24, 2.45) is 5.41 Å². The zero-order valence-corrected chi connectivity index (χ0v) is 11.3. The normalized spacial score (nSPS) is 17.1. The number of carboxylic acid groups (broad SMARTS) is 1. The fourth-order valence-corrected chi connectivity index (χ4v) is 2.37. The lowest BCUT2D eigenvalue weighted by Gasteiger charge is -2.38. The molecule has 1 saturated heterocycles. The minimum absolute atomic E-state index is 0.0239. The van der Waals surface area contributed by atoms with Crippen LogP contribution in [0.3, 0.4) is 0 Å². The maximum Gasteiger partial charge on any atom is 0.371 e. The summed E-state index contributed by atoms with van der Waals surface area (Å²) in [7, 11) is 0. The largest absolute Gasteiger partial charge is 0.475 e.